The monoisotopic (exact) mass is 306 g/mol. The van der Waals surface area contributed by atoms with Gasteiger partial charge in [-0.05, 0) is 42.9 Å². The van der Waals surface area contributed by atoms with Crippen LogP contribution in [0.1, 0.15) is 81.6 Å². The van der Waals surface area contributed by atoms with E-state index in [1.54, 1.807) is 6.07 Å². The summed E-state index contributed by atoms with van der Waals surface area (Å²) in [4.78, 5) is 12.1. The van der Waals surface area contributed by atoms with Crippen molar-refractivity contribution >= 4 is 5.78 Å². The Labute approximate surface area is 134 Å². The quantitative estimate of drug-likeness (QED) is 0.353. The van der Waals surface area contributed by atoms with Crippen LogP contribution in [-0.2, 0) is 6.42 Å². The highest BCUT2D eigenvalue weighted by atomic mass is 16.3. The third kappa shape index (κ3) is 6.08. The van der Waals surface area contributed by atoms with Gasteiger partial charge in [0.25, 0.3) is 0 Å². The zero-order valence-corrected chi connectivity index (χ0v) is 14.2. The first-order valence-corrected chi connectivity index (χ1v) is 8.53. The average molecular weight is 306 g/mol. The predicted molar refractivity (Wildman–Crippen MR) is 90.6 cm³/mol. The standard InChI is InChI=1S/C19H30O3/c1-4-5-6-7-8-9-15-12-19(22)16(13-18(15)21)17(20)11-10-14(2)3/h12-14,21-22H,4-11H2,1-3H3. The highest BCUT2D eigenvalue weighted by Crippen LogP contribution is 2.30. The summed E-state index contributed by atoms with van der Waals surface area (Å²) in [5.74, 6) is 0.467. The lowest BCUT2D eigenvalue weighted by Gasteiger charge is -2.10. The fourth-order valence-electron chi connectivity index (χ4n) is 2.52. The average Bonchev–Trinajstić information content (AvgIpc) is 2.47. The molecule has 124 valence electrons. The molecule has 0 atom stereocenters. The number of hydrogen-bond donors (Lipinski definition) is 2. The third-order valence-corrected chi connectivity index (χ3v) is 4.00. The lowest BCUT2D eigenvalue weighted by Crippen LogP contribution is -2.02. The van der Waals surface area contributed by atoms with Crippen LogP contribution in [0.2, 0.25) is 0 Å². The first kappa shape index (κ1) is 18.5. The van der Waals surface area contributed by atoms with Crippen LogP contribution in [0, 0.1) is 5.92 Å². The summed E-state index contributed by atoms with van der Waals surface area (Å²) in [6.45, 7) is 6.30. The molecule has 1 aromatic rings. The second-order valence-electron chi connectivity index (χ2n) is 6.52. The Bertz CT molecular complexity index is 478. The molecule has 0 aliphatic heterocycles. The molecule has 0 aliphatic carbocycles. The molecule has 3 heteroatoms. The van der Waals surface area contributed by atoms with E-state index in [1.807, 2.05) is 0 Å². The number of rotatable bonds is 10. The van der Waals surface area contributed by atoms with Crippen molar-refractivity contribution in [3.8, 4) is 11.5 Å². The van der Waals surface area contributed by atoms with Gasteiger partial charge in [-0.25, -0.2) is 0 Å². The van der Waals surface area contributed by atoms with E-state index in [0.29, 0.717) is 12.3 Å². The molecule has 0 fully saturated rings. The van der Waals surface area contributed by atoms with Gasteiger partial charge in [0.05, 0.1) is 5.56 Å². The fraction of sp³-hybridized carbons (Fsp3) is 0.632. The van der Waals surface area contributed by atoms with Gasteiger partial charge in [0.1, 0.15) is 11.5 Å². The molecule has 0 saturated heterocycles. The summed E-state index contributed by atoms with van der Waals surface area (Å²) in [6, 6.07) is 2.98. The number of phenols is 2. The summed E-state index contributed by atoms with van der Waals surface area (Å²) < 4.78 is 0. The van der Waals surface area contributed by atoms with Crippen LogP contribution >= 0.6 is 0 Å². The smallest absolute Gasteiger partial charge is 0.166 e. The maximum Gasteiger partial charge on any atom is 0.166 e. The topological polar surface area (TPSA) is 57.5 Å². The zero-order chi connectivity index (χ0) is 16.5. The second kappa shape index (κ2) is 9.50. The van der Waals surface area contributed by atoms with Gasteiger partial charge in [0, 0.05) is 6.42 Å². The number of ketones is 1. The minimum Gasteiger partial charge on any atom is -0.508 e. The maximum atomic E-state index is 12.1. The highest BCUT2D eigenvalue weighted by molar-refractivity contribution is 5.99. The molecule has 3 nitrogen and oxygen atoms in total. The number of hydrogen-bond acceptors (Lipinski definition) is 3. The molecule has 0 aliphatic rings. The number of carbonyl (C=O) groups is 1. The minimum atomic E-state index is -0.101. The maximum absolute atomic E-state index is 12.1. The van der Waals surface area contributed by atoms with Crippen LogP contribution in [0.3, 0.4) is 0 Å². The van der Waals surface area contributed by atoms with Crippen LogP contribution in [0.25, 0.3) is 0 Å². The zero-order valence-electron chi connectivity index (χ0n) is 14.2. The van der Waals surface area contributed by atoms with E-state index in [2.05, 4.69) is 20.8 Å². The van der Waals surface area contributed by atoms with E-state index < -0.39 is 0 Å². The Balaban J connectivity index is 2.65. The van der Waals surface area contributed by atoms with E-state index in [-0.39, 0.29) is 22.8 Å². The number of phenolic OH excluding ortho intramolecular Hbond substituents is 2. The van der Waals surface area contributed by atoms with E-state index in [4.69, 9.17) is 0 Å². The van der Waals surface area contributed by atoms with Crippen LogP contribution < -0.4 is 0 Å². The molecule has 0 aromatic heterocycles. The lowest BCUT2D eigenvalue weighted by atomic mass is 9.97. The summed E-state index contributed by atoms with van der Waals surface area (Å²) >= 11 is 0. The first-order chi connectivity index (χ1) is 10.5. The van der Waals surface area contributed by atoms with Crippen LogP contribution in [-0.4, -0.2) is 16.0 Å². The van der Waals surface area contributed by atoms with E-state index in [1.165, 1.54) is 25.3 Å². The first-order valence-electron chi connectivity index (χ1n) is 8.53. The van der Waals surface area contributed by atoms with Crippen molar-refractivity contribution in [3.63, 3.8) is 0 Å². The number of Topliss-reactive ketones (excluding diaryl/α,β-unsaturated/α-hetero) is 1. The summed E-state index contributed by atoms with van der Waals surface area (Å²) in [5.41, 5.74) is 0.974. The number of carbonyl (C=O) groups excluding carboxylic acids is 1. The molecule has 0 saturated carbocycles. The number of aromatic hydroxyl groups is 2. The Kier molecular flexibility index (Phi) is 8.00. The molecule has 0 bridgehead atoms. The molecule has 0 radical (unpaired) electrons. The molecular formula is C19H30O3. The van der Waals surface area contributed by atoms with Crippen molar-refractivity contribution in [2.45, 2.75) is 72.1 Å². The SMILES string of the molecule is CCCCCCCc1cc(O)c(C(=O)CCC(C)C)cc1O. The van der Waals surface area contributed by atoms with Crippen LogP contribution in [0.15, 0.2) is 12.1 Å². The Morgan fingerprint density at radius 3 is 2.36 bits per heavy atom. The van der Waals surface area contributed by atoms with E-state index in [9.17, 15) is 15.0 Å². The number of benzene rings is 1. The van der Waals surface area contributed by atoms with Gasteiger partial charge in [0.15, 0.2) is 5.78 Å². The predicted octanol–water partition coefficient (Wildman–Crippen LogP) is 5.23. The fourth-order valence-corrected chi connectivity index (χ4v) is 2.52. The van der Waals surface area contributed by atoms with Crippen molar-refractivity contribution in [2.24, 2.45) is 5.92 Å². The summed E-state index contributed by atoms with van der Waals surface area (Å²) in [7, 11) is 0. The van der Waals surface area contributed by atoms with Crippen LogP contribution in [0.5, 0.6) is 11.5 Å². The normalized spacial score (nSPS) is 11.1. The summed E-state index contributed by atoms with van der Waals surface area (Å²) in [5, 5.41) is 20.1. The van der Waals surface area contributed by atoms with Crippen molar-refractivity contribution in [2.75, 3.05) is 0 Å². The Morgan fingerprint density at radius 2 is 1.73 bits per heavy atom. The molecule has 0 spiro atoms. The largest absolute Gasteiger partial charge is 0.508 e. The molecular weight excluding hydrogens is 276 g/mol. The van der Waals surface area contributed by atoms with Gasteiger partial charge in [-0.2, -0.15) is 0 Å². The Hall–Kier alpha value is -1.51. The van der Waals surface area contributed by atoms with E-state index >= 15 is 0 Å². The molecule has 1 aromatic carbocycles. The third-order valence-electron chi connectivity index (χ3n) is 4.00. The molecule has 0 unspecified atom stereocenters. The van der Waals surface area contributed by atoms with Gasteiger partial charge in [-0.1, -0.05) is 46.5 Å². The second-order valence-corrected chi connectivity index (χ2v) is 6.52. The van der Waals surface area contributed by atoms with Crippen molar-refractivity contribution in [3.05, 3.63) is 23.3 Å². The van der Waals surface area contributed by atoms with Gasteiger partial charge in [-0.15, -0.1) is 0 Å². The molecule has 1 rings (SSSR count). The Morgan fingerprint density at radius 1 is 1.05 bits per heavy atom. The van der Waals surface area contributed by atoms with Crippen molar-refractivity contribution < 1.29 is 15.0 Å². The van der Waals surface area contributed by atoms with Gasteiger partial charge < -0.3 is 10.2 Å². The molecule has 2 N–H and O–H groups in total. The molecule has 22 heavy (non-hydrogen) atoms. The molecule has 0 heterocycles. The number of aryl methyl sites for hydroxylation is 1. The van der Waals surface area contributed by atoms with Crippen molar-refractivity contribution in [1.29, 1.82) is 0 Å². The lowest BCUT2D eigenvalue weighted by molar-refractivity contribution is 0.0972. The van der Waals surface area contributed by atoms with Gasteiger partial charge in [-0.3, -0.25) is 4.79 Å². The highest BCUT2D eigenvalue weighted by Gasteiger charge is 2.15. The summed E-state index contributed by atoms with van der Waals surface area (Å²) in [6.07, 6.45) is 7.70. The minimum absolute atomic E-state index is 0.00452. The number of unbranched alkanes of at least 4 members (excludes halogenated alkanes) is 4. The van der Waals surface area contributed by atoms with Gasteiger partial charge in [0.2, 0.25) is 0 Å². The van der Waals surface area contributed by atoms with Crippen LogP contribution in [0.4, 0.5) is 0 Å². The molecule has 0 amide bonds. The van der Waals surface area contributed by atoms with E-state index in [0.717, 1.165) is 31.2 Å². The van der Waals surface area contributed by atoms with Gasteiger partial charge >= 0.3 is 0 Å². The van der Waals surface area contributed by atoms with Crippen molar-refractivity contribution in [1.82, 2.24) is 0 Å².